The summed E-state index contributed by atoms with van der Waals surface area (Å²) >= 11 is 0. The Labute approximate surface area is 92.5 Å². The number of nitrogens with zero attached hydrogens (tertiary/aromatic N) is 2. The molecule has 0 radical (unpaired) electrons. The van der Waals surface area contributed by atoms with Crippen LogP contribution in [-0.2, 0) is 4.79 Å². The number of aromatic nitrogens is 2. The van der Waals surface area contributed by atoms with Crippen LogP contribution in [0, 0.1) is 0 Å². The first-order valence-electron chi connectivity index (χ1n) is 4.20. The number of anilines is 1. The summed E-state index contributed by atoms with van der Waals surface area (Å²) in [6, 6.07) is 0. The molecule has 1 rings (SSSR count). The van der Waals surface area contributed by atoms with E-state index in [0.29, 0.717) is 0 Å². The van der Waals surface area contributed by atoms with Crippen LogP contribution in [0.5, 0.6) is 0 Å². The van der Waals surface area contributed by atoms with Crippen LogP contribution in [0.15, 0.2) is 12.4 Å². The van der Waals surface area contributed by atoms with Gasteiger partial charge in [-0.3, -0.25) is 4.79 Å². The van der Waals surface area contributed by atoms with Crippen LogP contribution >= 0.6 is 0 Å². The molecule has 92 valence electrons. The zero-order valence-electron chi connectivity index (χ0n) is 8.15. The van der Waals surface area contributed by atoms with Crippen LogP contribution in [0.1, 0.15) is 16.9 Å². The van der Waals surface area contributed by atoms with Gasteiger partial charge >= 0.3 is 12.1 Å². The molecule has 0 aliphatic heterocycles. The van der Waals surface area contributed by atoms with E-state index >= 15 is 0 Å². The second-order valence-electron chi connectivity index (χ2n) is 2.90. The van der Waals surface area contributed by atoms with Crippen molar-refractivity contribution in [2.45, 2.75) is 12.6 Å². The van der Waals surface area contributed by atoms with Crippen LogP contribution < -0.4 is 5.32 Å². The molecule has 1 aromatic rings. The largest absolute Gasteiger partial charge is 0.476 e. The number of carboxylic acids is 1. The van der Waals surface area contributed by atoms with Gasteiger partial charge in [0.05, 0.1) is 0 Å². The first-order chi connectivity index (χ1) is 7.79. The number of carboxylic acid groups (broad SMARTS) is 1. The molecule has 6 nitrogen and oxygen atoms in total. The third-order valence-corrected chi connectivity index (χ3v) is 1.52. The summed E-state index contributed by atoms with van der Waals surface area (Å²) in [4.78, 5) is 28.3. The number of hydrogen-bond acceptors (Lipinski definition) is 4. The lowest BCUT2D eigenvalue weighted by Crippen LogP contribution is -2.23. The number of nitrogens with one attached hydrogen (secondary N) is 1. The van der Waals surface area contributed by atoms with Crippen LogP contribution in [0.2, 0.25) is 0 Å². The van der Waals surface area contributed by atoms with Gasteiger partial charge in [-0.25, -0.2) is 14.8 Å². The quantitative estimate of drug-likeness (QED) is 0.835. The van der Waals surface area contributed by atoms with Gasteiger partial charge in [-0.1, -0.05) is 0 Å². The first kappa shape index (κ1) is 12.9. The van der Waals surface area contributed by atoms with Gasteiger partial charge in [0.1, 0.15) is 6.42 Å². The van der Waals surface area contributed by atoms with Gasteiger partial charge in [0.15, 0.2) is 11.5 Å². The molecule has 1 heterocycles. The van der Waals surface area contributed by atoms with E-state index in [1.165, 1.54) is 0 Å². The molecule has 0 aliphatic rings. The number of carbonyl (C=O) groups excluding carboxylic acids is 1. The fourth-order valence-corrected chi connectivity index (χ4v) is 0.944. The van der Waals surface area contributed by atoms with E-state index in [1.54, 1.807) is 5.32 Å². The van der Waals surface area contributed by atoms with Crippen molar-refractivity contribution in [3.63, 3.8) is 0 Å². The number of rotatable bonds is 3. The normalized spacial score (nSPS) is 11.0. The van der Waals surface area contributed by atoms with Gasteiger partial charge in [0, 0.05) is 12.4 Å². The Balaban J connectivity index is 2.82. The van der Waals surface area contributed by atoms with E-state index in [4.69, 9.17) is 5.11 Å². The average Bonchev–Trinajstić information content (AvgIpc) is 2.14. The molecule has 17 heavy (non-hydrogen) atoms. The van der Waals surface area contributed by atoms with Crippen molar-refractivity contribution in [2.24, 2.45) is 0 Å². The fourth-order valence-electron chi connectivity index (χ4n) is 0.944. The van der Waals surface area contributed by atoms with Crippen molar-refractivity contribution in [2.75, 3.05) is 5.32 Å². The molecular weight excluding hydrogens is 243 g/mol. The molecule has 9 heteroatoms. The fraction of sp³-hybridized carbons (Fsp3) is 0.250. The lowest BCUT2D eigenvalue weighted by atomic mass is 10.3. The molecule has 0 fully saturated rings. The predicted octanol–water partition coefficient (Wildman–Crippen LogP) is 1.07. The lowest BCUT2D eigenvalue weighted by Gasteiger charge is -2.08. The van der Waals surface area contributed by atoms with E-state index in [1.807, 2.05) is 0 Å². The van der Waals surface area contributed by atoms with Crippen molar-refractivity contribution in [3.8, 4) is 0 Å². The van der Waals surface area contributed by atoms with E-state index in [2.05, 4.69) is 9.97 Å². The minimum atomic E-state index is -4.67. The maximum Gasteiger partial charge on any atom is 0.397 e. The molecule has 1 amide bonds. The highest BCUT2D eigenvalue weighted by molar-refractivity contribution is 5.97. The van der Waals surface area contributed by atoms with Crippen molar-refractivity contribution < 1.29 is 27.9 Å². The number of halogens is 3. The van der Waals surface area contributed by atoms with Gasteiger partial charge < -0.3 is 10.4 Å². The van der Waals surface area contributed by atoms with Crippen molar-refractivity contribution in [1.29, 1.82) is 0 Å². The highest BCUT2D eigenvalue weighted by Gasteiger charge is 2.31. The minimum Gasteiger partial charge on any atom is -0.476 e. The Kier molecular flexibility index (Phi) is 3.61. The Morgan fingerprint density at radius 2 is 1.88 bits per heavy atom. The summed E-state index contributed by atoms with van der Waals surface area (Å²) in [5.41, 5.74) is -0.622. The summed E-state index contributed by atoms with van der Waals surface area (Å²) in [6.45, 7) is 0. The molecule has 0 spiro atoms. The second-order valence-corrected chi connectivity index (χ2v) is 2.90. The summed E-state index contributed by atoms with van der Waals surface area (Å²) in [5.74, 6) is -3.42. The average molecular weight is 249 g/mol. The standard InChI is InChI=1S/C8H6F3N3O3/c9-8(10,11)3-4(15)14-6-5(7(16)17)12-1-2-13-6/h1-2H,3H2,(H,16,17)(H,13,14,15). The smallest absolute Gasteiger partial charge is 0.397 e. The predicted molar refractivity (Wildman–Crippen MR) is 48.3 cm³/mol. The number of amides is 1. The van der Waals surface area contributed by atoms with Gasteiger partial charge in [-0.15, -0.1) is 0 Å². The topological polar surface area (TPSA) is 92.2 Å². The van der Waals surface area contributed by atoms with Crippen LogP contribution in [0.4, 0.5) is 19.0 Å². The Bertz CT molecular complexity index is 447. The molecule has 0 saturated heterocycles. The maximum atomic E-state index is 11.9. The maximum absolute atomic E-state index is 11.9. The lowest BCUT2D eigenvalue weighted by molar-refractivity contribution is -0.150. The monoisotopic (exact) mass is 249 g/mol. The Hall–Kier alpha value is -2.19. The number of carbonyl (C=O) groups is 2. The molecule has 0 unspecified atom stereocenters. The van der Waals surface area contributed by atoms with E-state index in [9.17, 15) is 22.8 Å². The van der Waals surface area contributed by atoms with Crippen molar-refractivity contribution in [1.82, 2.24) is 9.97 Å². The second kappa shape index (κ2) is 4.76. The number of hydrogen-bond donors (Lipinski definition) is 2. The molecule has 0 aliphatic carbocycles. The van der Waals surface area contributed by atoms with E-state index < -0.39 is 36.0 Å². The molecule has 2 N–H and O–H groups in total. The van der Waals surface area contributed by atoms with Crippen molar-refractivity contribution in [3.05, 3.63) is 18.1 Å². The molecule has 0 bridgehead atoms. The highest BCUT2D eigenvalue weighted by Crippen LogP contribution is 2.20. The van der Waals surface area contributed by atoms with Gasteiger partial charge in [0.25, 0.3) is 0 Å². The minimum absolute atomic E-state index is 0.519. The van der Waals surface area contributed by atoms with Crippen LogP contribution in [0.3, 0.4) is 0 Å². The zero-order valence-corrected chi connectivity index (χ0v) is 8.15. The molecule has 1 aromatic heterocycles. The third-order valence-electron chi connectivity index (χ3n) is 1.52. The number of alkyl halides is 3. The molecule has 0 aromatic carbocycles. The van der Waals surface area contributed by atoms with Crippen molar-refractivity contribution >= 4 is 17.7 Å². The van der Waals surface area contributed by atoms with E-state index in [-0.39, 0.29) is 0 Å². The van der Waals surface area contributed by atoms with Gasteiger partial charge in [0.2, 0.25) is 5.91 Å². The van der Waals surface area contributed by atoms with Gasteiger partial charge in [-0.05, 0) is 0 Å². The molecule has 0 atom stereocenters. The van der Waals surface area contributed by atoms with Crippen LogP contribution in [-0.4, -0.2) is 33.1 Å². The summed E-state index contributed by atoms with van der Waals surface area (Å²) in [7, 11) is 0. The number of aromatic carboxylic acids is 1. The Morgan fingerprint density at radius 1 is 1.29 bits per heavy atom. The van der Waals surface area contributed by atoms with E-state index in [0.717, 1.165) is 12.4 Å². The summed E-state index contributed by atoms with van der Waals surface area (Å²) in [5, 5.41) is 10.4. The van der Waals surface area contributed by atoms with Gasteiger partial charge in [-0.2, -0.15) is 13.2 Å². The first-order valence-corrected chi connectivity index (χ1v) is 4.20. The SMILES string of the molecule is O=C(CC(F)(F)F)Nc1nccnc1C(=O)O. The highest BCUT2D eigenvalue weighted by atomic mass is 19.4. The zero-order chi connectivity index (χ0) is 13.1. The molecule has 0 saturated carbocycles. The molecular formula is C8H6F3N3O3. The van der Waals surface area contributed by atoms with Crippen LogP contribution in [0.25, 0.3) is 0 Å². The summed E-state index contributed by atoms with van der Waals surface area (Å²) in [6.07, 6.45) is -4.29. The Morgan fingerprint density at radius 3 is 2.41 bits per heavy atom. The summed E-state index contributed by atoms with van der Waals surface area (Å²) < 4.78 is 35.6. The third kappa shape index (κ3) is 4.05.